The third-order valence-corrected chi connectivity index (χ3v) is 3.02. The van der Waals surface area contributed by atoms with E-state index in [4.69, 9.17) is 4.74 Å². The van der Waals surface area contributed by atoms with Gasteiger partial charge < -0.3 is 4.74 Å². The van der Waals surface area contributed by atoms with Crippen LogP contribution in [0.4, 0.5) is 0 Å². The maximum absolute atomic E-state index is 5.67. The summed E-state index contributed by atoms with van der Waals surface area (Å²) >= 11 is 0. The van der Waals surface area contributed by atoms with E-state index in [0.717, 1.165) is 30.6 Å². The molecule has 108 valence electrons. The summed E-state index contributed by atoms with van der Waals surface area (Å²) in [6.07, 6.45) is 7.68. The number of hydrogen-bond donors (Lipinski definition) is 0. The Morgan fingerprint density at radius 3 is 2.45 bits per heavy atom. The predicted molar refractivity (Wildman–Crippen MR) is 88.1 cm³/mol. The van der Waals surface area contributed by atoms with E-state index in [2.05, 4.69) is 39.5 Å². The minimum absolute atomic E-state index is 0.585. The van der Waals surface area contributed by atoms with E-state index in [0.29, 0.717) is 6.61 Å². The molecule has 0 bridgehead atoms. The van der Waals surface area contributed by atoms with E-state index < -0.39 is 0 Å². The van der Waals surface area contributed by atoms with Gasteiger partial charge in [-0.1, -0.05) is 48.1 Å². The molecule has 1 aromatic carbocycles. The molecule has 0 heterocycles. The second kappa shape index (κ2) is 9.19. The van der Waals surface area contributed by atoms with Gasteiger partial charge in [-0.05, 0) is 57.7 Å². The monoisotopic (exact) mass is 270 g/mol. The molecule has 0 radical (unpaired) electrons. The van der Waals surface area contributed by atoms with E-state index in [1.165, 1.54) is 11.1 Å². The minimum atomic E-state index is 0.585. The molecule has 0 aromatic heterocycles. The van der Waals surface area contributed by atoms with Gasteiger partial charge in [0.1, 0.15) is 12.4 Å². The first-order valence-corrected chi connectivity index (χ1v) is 7.21. The van der Waals surface area contributed by atoms with E-state index in [9.17, 15) is 0 Å². The van der Waals surface area contributed by atoms with Crippen LogP contribution < -0.4 is 4.74 Å². The molecule has 0 amide bonds. The van der Waals surface area contributed by atoms with Crippen molar-refractivity contribution in [2.75, 3.05) is 6.61 Å². The second-order valence-corrected chi connectivity index (χ2v) is 5.43. The molecule has 0 aliphatic rings. The van der Waals surface area contributed by atoms with E-state index >= 15 is 0 Å². The normalized spacial score (nSPS) is 11.1. The molecular weight excluding hydrogens is 244 g/mol. The van der Waals surface area contributed by atoms with Crippen molar-refractivity contribution < 1.29 is 4.74 Å². The van der Waals surface area contributed by atoms with Crippen molar-refractivity contribution in [3.63, 3.8) is 0 Å². The van der Waals surface area contributed by atoms with Crippen LogP contribution in [0.25, 0.3) is 0 Å². The number of ether oxygens (including phenoxy) is 1. The topological polar surface area (TPSA) is 9.23 Å². The fraction of sp³-hybridized carbons (Fsp3) is 0.368. The summed E-state index contributed by atoms with van der Waals surface area (Å²) in [5, 5.41) is 0. The Kier molecular flexibility index (Phi) is 7.49. The molecule has 0 saturated heterocycles. The maximum Gasteiger partial charge on any atom is 0.119 e. The molecule has 0 unspecified atom stereocenters. The number of benzene rings is 1. The molecule has 0 fully saturated rings. The fourth-order valence-corrected chi connectivity index (χ4v) is 1.77. The van der Waals surface area contributed by atoms with Crippen LogP contribution in [0.1, 0.15) is 40.0 Å². The number of rotatable bonds is 8. The maximum atomic E-state index is 5.67. The summed E-state index contributed by atoms with van der Waals surface area (Å²) in [5.41, 5.74) is 3.91. The van der Waals surface area contributed by atoms with Crippen molar-refractivity contribution >= 4 is 0 Å². The molecule has 1 nitrogen and oxygen atoms in total. The molecule has 0 aliphatic carbocycles. The predicted octanol–water partition coefficient (Wildman–Crippen LogP) is 5.70. The molecular formula is C19H26O. The fourth-order valence-electron chi connectivity index (χ4n) is 1.77. The molecule has 1 heteroatoms. The van der Waals surface area contributed by atoms with Gasteiger partial charge >= 0.3 is 0 Å². The Balaban J connectivity index is 2.26. The highest BCUT2D eigenvalue weighted by atomic mass is 16.5. The van der Waals surface area contributed by atoms with Gasteiger partial charge in [0, 0.05) is 0 Å². The Hall–Kier alpha value is -1.76. The first kappa shape index (κ1) is 16.3. The molecule has 1 aromatic rings. The van der Waals surface area contributed by atoms with Crippen molar-refractivity contribution in [3.05, 3.63) is 65.8 Å². The van der Waals surface area contributed by atoms with Gasteiger partial charge in [0.15, 0.2) is 0 Å². The van der Waals surface area contributed by atoms with E-state index in [1.54, 1.807) is 0 Å². The van der Waals surface area contributed by atoms with Gasteiger partial charge in [0.2, 0.25) is 0 Å². The first-order chi connectivity index (χ1) is 9.58. The van der Waals surface area contributed by atoms with Crippen LogP contribution in [0.2, 0.25) is 0 Å². The zero-order chi connectivity index (χ0) is 14.8. The summed E-state index contributed by atoms with van der Waals surface area (Å²) in [7, 11) is 0. The van der Waals surface area contributed by atoms with Crippen molar-refractivity contribution in [1.82, 2.24) is 0 Å². The minimum Gasteiger partial charge on any atom is -0.489 e. The number of hydrogen-bond acceptors (Lipinski definition) is 1. The first-order valence-electron chi connectivity index (χ1n) is 7.21. The Morgan fingerprint density at radius 1 is 1.10 bits per heavy atom. The zero-order valence-electron chi connectivity index (χ0n) is 13.0. The molecule has 0 aliphatic heterocycles. The van der Waals surface area contributed by atoms with Gasteiger partial charge in [-0.15, -0.1) is 0 Å². The third-order valence-electron chi connectivity index (χ3n) is 3.02. The van der Waals surface area contributed by atoms with Gasteiger partial charge in [-0.2, -0.15) is 0 Å². The van der Waals surface area contributed by atoms with E-state index in [1.807, 2.05) is 30.3 Å². The summed E-state index contributed by atoms with van der Waals surface area (Å²) < 4.78 is 5.67. The van der Waals surface area contributed by atoms with Crippen LogP contribution in [0, 0.1) is 0 Å². The van der Waals surface area contributed by atoms with Crippen LogP contribution in [-0.4, -0.2) is 6.61 Å². The van der Waals surface area contributed by atoms with Crippen molar-refractivity contribution in [1.29, 1.82) is 0 Å². The number of allylic oxidation sites excluding steroid dienone is 4. The van der Waals surface area contributed by atoms with Crippen LogP contribution in [0.15, 0.2) is 65.8 Å². The lowest BCUT2D eigenvalue weighted by atomic mass is 10.1. The molecule has 1 rings (SSSR count). The van der Waals surface area contributed by atoms with Crippen molar-refractivity contribution in [2.45, 2.75) is 40.0 Å². The van der Waals surface area contributed by atoms with E-state index in [-0.39, 0.29) is 0 Å². The smallest absolute Gasteiger partial charge is 0.119 e. The summed E-state index contributed by atoms with van der Waals surface area (Å²) in [6, 6.07) is 9.87. The van der Waals surface area contributed by atoms with Gasteiger partial charge in [0.05, 0.1) is 0 Å². The standard InChI is InChI=1S/C19H26O/c1-16(2)9-8-10-17(3)13-14-18(4)15-20-19-11-6-5-7-12-19/h5-7,9,11-13H,4,8,10,14-15H2,1-3H3/b17-13+. The lowest BCUT2D eigenvalue weighted by molar-refractivity contribution is 0.350. The highest BCUT2D eigenvalue weighted by Crippen LogP contribution is 2.13. The van der Waals surface area contributed by atoms with Crippen LogP contribution in [0.3, 0.4) is 0 Å². The third kappa shape index (κ3) is 7.63. The molecule has 0 saturated carbocycles. The van der Waals surface area contributed by atoms with Gasteiger partial charge in [-0.25, -0.2) is 0 Å². The van der Waals surface area contributed by atoms with Crippen LogP contribution in [-0.2, 0) is 0 Å². The van der Waals surface area contributed by atoms with Crippen molar-refractivity contribution in [2.24, 2.45) is 0 Å². The van der Waals surface area contributed by atoms with Crippen LogP contribution >= 0.6 is 0 Å². The second-order valence-electron chi connectivity index (χ2n) is 5.43. The number of para-hydroxylation sites is 1. The molecule has 0 atom stereocenters. The Labute approximate surface area is 123 Å². The molecule has 0 N–H and O–H groups in total. The molecule has 20 heavy (non-hydrogen) atoms. The molecule has 0 spiro atoms. The van der Waals surface area contributed by atoms with Gasteiger partial charge in [-0.3, -0.25) is 0 Å². The Bertz CT molecular complexity index is 462. The zero-order valence-corrected chi connectivity index (χ0v) is 13.0. The highest BCUT2D eigenvalue weighted by Gasteiger charge is 1.96. The average Bonchev–Trinajstić information content (AvgIpc) is 2.43. The highest BCUT2D eigenvalue weighted by molar-refractivity contribution is 5.22. The summed E-state index contributed by atoms with van der Waals surface area (Å²) in [5.74, 6) is 0.901. The summed E-state index contributed by atoms with van der Waals surface area (Å²) in [4.78, 5) is 0. The lowest BCUT2D eigenvalue weighted by Crippen LogP contribution is -1.99. The SMILES string of the molecule is C=C(C/C=C(\C)CCC=C(C)C)COc1ccccc1. The Morgan fingerprint density at radius 2 is 1.80 bits per heavy atom. The van der Waals surface area contributed by atoms with Gasteiger partial charge in [0.25, 0.3) is 0 Å². The van der Waals surface area contributed by atoms with Crippen molar-refractivity contribution in [3.8, 4) is 5.75 Å². The quantitative estimate of drug-likeness (QED) is 0.550. The lowest BCUT2D eigenvalue weighted by Gasteiger charge is -2.07. The summed E-state index contributed by atoms with van der Waals surface area (Å²) in [6.45, 7) is 11.1. The largest absolute Gasteiger partial charge is 0.489 e. The van der Waals surface area contributed by atoms with Crippen LogP contribution in [0.5, 0.6) is 5.75 Å². The average molecular weight is 270 g/mol.